The summed E-state index contributed by atoms with van der Waals surface area (Å²) in [6, 6.07) is 10.7. The minimum atomic E-state index is 0.156. The summed E-state index contributed by atoms with van der Waals surface area (Å²) in [6.07, 6.45) is 13.1. The summed E-state index contributed by atoms with van der Waals surface area (Å²) < 4.78 is 2.01. The van der Waals surface area contributed by atoms with E-state index >= 15 is 0 Å². The van der Waals surface area contributed by atoms with Crippen LogP contribution in [0.3, 0.4) is 0 Å². The van der Waals surface area contributed by atoms with Gasteiger partial charge in [0, 0.05) is 39.3 Å². The lowest BCUT2D eigenvalue weighted by Crippen LogP contribution is -2.52. The van der Waals surface area contributed by atoms with E-state index in [1.54, 1.807) is 6.33 Å². The average molecular weight is 467 g/mol. The maximum absolute atomic E-state index is 13.5. The van der Waals surface area contributed by atoms with E-state index in [4.69, 9.17) is 5.73 Å². The molecule has 0 bridgehead atoms. The van der Waals surface area contributed by atoms with Crippen LogP contribution < -0.4 is 5.73 Å². The van der Waals surface area contributed by atoms with Gasteiger partial charge < -0.3 is 15.5 Å². The van der Waals surface area contributed by atoms with Crippen LogP contribution in [0.25, 0.3) is 0 Å². The maximum atomic E-state index is 13.5. The van der Waals surface area contributed by atoms with Gasteiger partial charge in [-0.1, -0.05) is 56.5 Å². The van der Waals surface area contributed by atoms with Crippen LogP contribution in [0.4, 0.5) is 4.79 Å². The van der Waals surface area contributed by atoms with E-state index < -0.39 is 0 Å². The Morgan fingerprint density at radius 1 is 1.15 bits per heavy atom. The van der Waals surface area contributed by atoms with E-state index in [1.165, 1.54) is 37.7 Å². The monoisotopic (exact) mass is 466 g/mol. The average Bonchev–Trinajstić information content (AvgIpc) is 3.40. The van der Waals surface area contributed by atoms with Gasteiger partial charge in [0.15, 0.2) is 0 Å². The van der Waals surface area contributed by atoms with E-state index in [1.807, 2.05) is 22.0 Å². The van der Waals surface area contributed by atoms with Crippen LogP contribution in [-0.4, -0.2) is 63.3 Å². The Morgan fingerprint density at radius 3 is 2.53 bits per heavy atom. The van der Waals surface area contributed by atoms with Gasteiger partial charge in [-0.25, -0.2) is 9.78 Å². The van der Waals surface area contributed by atoms with Crippen molar-refractivity contribution in [2.45, 2.75) is 70.8 Å². The number of amides is 2. The van der Waals surface area contributed by atoms with Crippen molar-refractivity contribution >= 4 is 6.03 Å². The quantitative estimate of drug-likeness (QED) is 0.589. The normalized spacial score (nSPS) is 19.6. The third kappa shape index (κ3) is 5.98. The predicted molar refractivity (Wildman–Crippen MR) is 135 cm³/mol. The van der Waals surface area contributed by atoms with Crippen molar-refractivity contribution in [3.8, 4) is 0 Å². The molecule has 0 spiro atoms. The zero-order valence-corrected chi connectivity index (χ0v) is 20.8. The fraction of sp³-hybridized carbons (Fsp3) is 0.667. The Hall–Kier alpha value is -2.41. The molecule has 1 aliphatic heterocycles. The highest BCUT2D eigenvalue weighted by atomic mass is 16.2. The van der Waals surface area contributed by atoms with Crippen LogP contribution in [0, 0.1) is 11.3 Å². The van der Waals surface area contributed by atoms with Crippen molar-refractivity contribution in [2.24, 2.45) is 17.1 Å². The van der Waals surface area contributed by atoms with Gasteiger partial charge in [0.2, 0.25) is 0 Å². The van der Waals surface area contributed by atoms with Crippen molar-refractivity contribution in [2.75, 3.05) is 32.7 Å². The Balaban J connectivity index is 1.38. The Morgan fingerprint density at radius 2 is 1.88 bits per heavy atom. The largest absolute Gasteiger partial charge is 0.329 e. The molecule has 1 aromatic carbocycles. The summed E-state index contributed by atoms with van der Waals surface area (Å²) >= 11 is 0. The standard InChI is InChI=1S/C27H42N6O/c1-23(24-8-4-2-5-9-24)12-16-31(19-15-28)26(34)32-17-13-27(14-18-32,20-33-22-29-21-30-33)25-10-6-3-7-11-25/h2,4-5,8-9,21-23,25H,3,6-7,10-20,28H2,1H3. The highest BCUT2D eigenvalue weighted by molar-refractivity contribution is 5.74. The van der Waals surface area contributed by atoms with Gasteiger partial charge >= 0.3 is 6.03 Å². The molecule has 2 aromatic rings. The molecule has 4 rings (SSSR count). The van der Waals surface area contributed by atoms with E-state index in [0.717, 1.165) is 51.4 Å². The molecule has 2 fully saturated rings. The minimum Gasteiger partial charge on any atom is -0.329 e. The van der Waals surface area contributed by atoms with Crippen molar-refractivity contribution in [3.63, 3.8) is 0 Å². The molecule has 186 valence electrons. The summed E-state index contributed by atoms with van der Waals surface area (Å²) in [5.41, 5.74) is 7.44. The molecule has 2 N–H and O–H groups in total. The Labute approximate surface area is 204 Å². The lowest BCUT2D eigenvalue weighted by molar-refractivity contribution is 0.0170. The second-order valence-corrected chi connectivity index (χ2v) is 10.4. The van der Waals surface area contributed by atoms with Crippen molar-refractivity contribution in [1.29, 1.82) is 0 Å². The van der Waals surface area contributed by atoms with E-state index in [2.05, 4.69) is 46.2 Å². The van der Waals surface area contributed by atoms with E-state index in [0.29, 0.717) is 19.0 Å². The molecule has 1 unspecified atom stereocenters. The number of benzene rings is 1. The highest BCUT2D eigenvalue weighted by Crippen LogP contribution is 2.47. The molecule has 34 heavy (non-hydrogen) atoms. The molecule has 1 saturated carbocycles. The summed E-state index contributed by atoms with van der Waals surface area (Å²) in [6.45, 7) is 6.65. The molecule has 2 amide bonds. The third-order valence-corrected chi connectivity index (χ3v) is 8.31. The minimum absolute atomic E-state index is 0.156. The van der Waals surface area contributed by atoms with Crippen LogP contribution in [0.1, 0.15) is 69.8 Å². The fourth-order valence-corrected chi connectivity index (χ4v) is 6.15. The summed E-state index contributed by atoms with van der Waals surface area (Å²) in [5, 5.41) is 4.43. The topological polar surface area (TPSA) is 80.3 Å². The molecule has 1 aliphatic carbocycles. The SMILES string of the molecule is CC(CCN(CCN)C(=O)N1CCC(Cn2cncn2)(C2CCCCC2)CC1)c1ccccc1. The second-order valence-electron chi connectivity index (χ2n) is 10.4. The summed E-state index contributed by atoms with van der Waals surface area (Å²) in [7, 11) is 0. The number of nitrogens with zero attached hydrogens (tertiary/aromatic N) is 5. The van der Waals surface area contributed by atoms with Crippen LogP contribution in [0.2, 0.25) is 0 Å². The predicted octanol–water partition coefficient (Wildman–Crippen LogP) is 4.52. The second kappa shape index (κ2) is 11.8. The summed E-state index contributed by atoms with van der Waals surface area (Å²) in [5.74, 6) is 1.13. The Bertz CT molecular complexity index is 857. The number of carbonyl (C=O) groups excluding carboxylic acids is 1. The first-order chi connectivity index (χ1) is 16.6. The number of likely N-dealkylation sites (tertiary alicyclic amines) is 1. The molecule has 1 saturated heterocycles. The van der Waals surface area contributed by atoms with Gasteiger partial charge in [-0.2, -0.15) is 5.10 Å². The van der Waals surface area contributed by atoms with Crippen LogP contribution in [-0.2, 0) is 6.54 Å². The van der Waals surface area contributed by atoms with Gasteiger partial charge in [0.25, 0.3) is 0 Å². The van der Waals surface area contributed by atoms with Gasteiger partial charge in [0.05, 0.1) is 0 Å². The van der Waals surface area contributed by atoms with Crippen molar-refractivity contribution < 1.29 is 4.79 Å². The highest BCUT2D eigenvalue weighted by Gasteiger charge is 2.43. The molecular weight excluding hydrogens is 424 g/mol. The van der Waals surface area contributed by atoms with Gasteiger partial charge in [-0.15, -0.1) is 0 Å². The molecular formula is C27H42N6O. The molecule has 0 radical (unpaired) electrons. The third-order valence-electron chi connectivity index (χ3n) is 8.31. The van der Waals surface area contributed by atoms with Crippen LogP contribution >= 0.6 is 0 Å². The van der Waals surface area contributed by atoms with E-state index in [9.17, 15) is 4.79 Å². The van der Waals surface area contributed by atoms with Crippen molar-refractivity contribution in [3.05, 3.63) is 48.5 Å². The maximum Gasteiger partial charge on any atom is 0.320 e. The summed E-state index contributed by atoms with van der Waals surface area (Å²) in [4.78, 5) is 21.7. The first kappa shape index (κ1) is 24.7. The molecule has 1 atom stereocenters. The first-order valence-corrected chi connectivity index (χ1v) is 13.2. The van der Waals surface area contributed by atoms with Gasteiger partial charge in [-0.05, 0) is 54.9 Å². The molecule has 2 heterocycles. The number of urea groups is 1. The molecule has 7 heteroatoms. The number of hydrogen-bond acceptors (Lipinski definition) is 4. The van der Waals surface area contributed by atoms with Gasteiger partial charge in [-0.3, -0.25) is 4.68 Å². The first-order valence-electron chi connectivity index (χ1n) is 13.2. The zero-order chi connectivity index (χ0) is 23.8. The molecule has 7 nitrogen and oxygen atoms in total. The van der Waals surface area contributed by atoms with Crippen LogP contribution in [0.15, 0.2) is 43.0 Å². The number of hydrogen-bond donors (Lipinski definition) is 1. The lowest BCUT2D eigenvalue weighted by atomic mass is 9.63. The Kier molecular flexibility index (Phi) is 8.59. The molecule has 1 aromatic heterocycles. The number of piperidine rings is 1. The van der Waals surface area contributed by atoms with Crippen molar-refractivity contribution in [1.82, 2.24) is 24.6 Å². The number of rotatable bonds is 9. The lowest BCUT2D eigenvalue weighted by Gasteiger charge is -2.48. The van der Waals surface area contributed by atoms with E-state index in [-0.39, 0.29) is 11.4 Å². The zero-order valence-electron chi connectivity index (χ0n) is 20.8. The number of carbonyl (C=O) groups is 1. The van der Waals surface area contributed by atoms with Gasteiger partial charge in [0.1, 0.15) is 12.7 Å². The number of aromatic nitrogens is 3. The number of nitrogens with two attached hydrogens (primary N) is 1. The smallest absolute Gasteiger partial charge is 0.320 e. The molecule has 2 aliphatic rings. The fourth-order valence-electron chi connectivity index (χ4n) is 6.15. The van der Waals surface area contributed by atoms with Crippen LogP contribution in [0.5, 0.6) is 0 Å².